The summed E-state index contributed by atoms with van der Waals surface area (Å²) < 4.78 is 135. The molecule has 3 nitrogen and oxygen atoms in total. The Morgan fingerprint density at radius 1 is 0.458 bits per heavy atom. The summed E-state index contributed by atoms with van der Waals surface area (Å²) in [4.78, 5) is 4.13. The van der Waals surface area contributed by atoms with E-state index in [0.29, 0.717) is 0 Å². The Bertz CT molecular complexity index is 1490. The van der Waals surface area contributed by atoms with E-state index in [1.165, 1.54) is 31.4 Å². The minimum absolute atomic E-state index is 0.120. The second-order valence-electron chi connectivity index (χ2n) is 14.2. The molecule has 0 bridgehead atoms. The second-order valence-corrected chi connectivity index (χ2v) is 17.7. The van der Waals surface area contributed by atoms with Crippen molar-refractivity contribution in [2.75, 3.05) is 0 Å². The Kier molecular flexibility index (Phi) is 11.7. The Labute approximate surface area is 279 Å². The summed E-state index contributed by atoms with van der Waals surface area (Å²) in [6, 6.07) is 27.8. The van der Waals surface area contributed by atoms with Crippen LogP contribution in [0.5, 0.6) is 0 Å². The number of hydrogen-bond donors (Lipinski definition) is 0. The summed E-state index contributed by atoms with van der Waals surface area (Å²) in [7, 11) is -7.54. The van der Waals surface area contributed by atoms with Crippen LogP contribution in [0.25, 0.3) is 0 Å². The molecule has 0 aliphatic heterocycles. The number of alkyl halides is 9. The first-order chi connectivity index (χ1) is 21.3. The van der Waals surface area contributed by atoms with Crippen molar-refractivity contribution >= 4 is 21.0 Å². The van der Waals surface area contributed by atoms with E-state index in [1.54, 1.807) is 0 Å². The van der Waals surface area contributed by atoms with Gasteiger partial charge in [-0.25, -0.2) is 8.42 Å². The average molecular weight is 731 g/mol. The quantitative estimate of drug-likeness (QED) is 0.144. The molecule has 0 atom stereocenters. The highest BCUT2D eigenvalue weighted by Crippen LogP contribution is 2.54. The van der Waals surface area contributed by atoms with Crippen molar-refractivity contribution in [3.05, 3.63) is 89.5 Å². The predicted octanol–water partition coefficient (Wildman–Crippen LogP) is 10.6. The van der Waals surface area contributed by atoms with E-state index >= 15 is 0 Å². The fourth-order valence-electron chi connectivity index (χ4n) is 4.20. The fraction of sp³-hybridized carbons (Fsp3) is 0.471. The molecule has 0 heterocycles. The molecule has 0 unspecified atom stereocenters. The van der Waals surface area contributed by atoms with Gasteiger partial charge >= 0.3 is 23.3 Å². The van der Waals surface area contributed by atoms with Crippen LogP contribution in [0, 0.1) is 0 Å². The maximum absolute atomic E-state index is 12.2. The highest BCUT2D eigenvalue weighted by Gasteiger charge is 2.83. The standard InChI is InChI=1S/C30H39S.C4HF9O3S/c1-28(2,3)22-10-16-25(17-11-22)31(26-18-12-23(13-19-26)29(4,5)6)27-20-14-24(15-21-27)30(7,8)9;5-1(6,3(9,10)11)2(7,8)4(12,13)17(14,15)16/h10-21H,1-9H3;(H,14,15,16)/q+1;/p-1. The van der Waals surface area contributed by atoms with Gasteiger partial charge in [0.1, 0.15) is 0 Å². The lowest BCUT2D eigenvalue weighted by atomic mass is 9.87. The summed E-state index contributed by atoms with van der Waals surface area (Å²) in [6.07, 6.45) is -7.16. The van der Waals surface area contributed by atoms with Crippen LogP contribution in [0.2, 0.25) is 0 Å². The maximum Gasteiger partial charge on any atom is 0.460 e. The molecule has 14 heteroatoms. The van der Waals surface area contributed by atoms with Gasteiger partial charge in [-0.2, -0.15) is 39.5 Å². The highest BCUT2D eigenvalue weighted by atomic mass is 32.2. The number of hydrogen-bond acceptors (Lipinski definition) is 3. The number of benzene rings is 3. The number of rotatable bonds is 6. The second kappa shape index (κ2) is 13.5. The van der Waals surface area contributed by atoms with Gasteiger partial charge in [0.2, 0.25) is 0 Å². The predicted molar refractivity (Wildman–Crippen MR) is 168 cm³/mol. The van der Waals surface area contributed by atoms with Crippen molar-refractivity contribution in [1.82, 2.24) is 0 Å². The highest BCUT2D eigenvalue weighted by molar-refractivity contribution is 7.97. The molecule has 0 aromatic heterocycles. The Balaban J connectivity index is 0.000000401. The van der Waals surface area contributed by atoms with Crippen LogP contribution in [0.15, 0.2) is 87.5 Å². The lowest BCUT2D eigenvalue weighted by molar-refractivity contribution is -0.382. The third-order valence-corrected chi connectivity index (χ3v) is 10.4. The van der Waals surface area contributed by atoms with E-state index in [4.69, 9.17) is 0 Å². The normalized spacial score (nSPS) is 14.1. The van der Waals surface area contributed by atoms with E-state index in [0.717, 1.165) is 0 Å². The molecule has 0 radical (unpaired) electrons. The van der Waals surface area contributed by atoms with Gasteiger partial charge in [-0.15, -0.1) is 0 Å². The van der Waals surface area contributed by atoms with Gasteiger partial charge in [0, 0.05) is 0 Å². The molecule has 0 N–H and O–H groups in total. The average Bonchev–Trinajstić information content (AvgIpc) is 2.91. The zero-order valence-corrected chi connectivity index (χ0v) is 29.5. The van der Waals surface area contributed by atoms with Gasteiger partial charge in [-0.1, -0.05) is 98.7 Å². The zero-order chi connectivity index (χ0) is 37.5. The topological polar surface area (TPSA) is 57.2 Å². The third kappa shape index (κ3) is 8.90. The third-order valence-electron chi connectivity index (χ3n) is 7.30. The molecule has 3 aromatic carbocycles. The van der Waals surface area contributed by atoms with Crippen LogP contribution >= 0.6 is 0 Å². The molecule has 0 saturated heterocycles. The number of halogens is 9. The van der Waals surface area contributed by atoms with Gasteiger partial charge in [0.05, 0.1) is 10.9 Å². The van der Waals surface area contributed by atoms with Crippen molar-refractivity contribution in [3.8, 4) is 0 Å². The van der Waals surface area contributed by atoms with E-state index in [-0.39, 0.29) is 27.1 Å². The van der Waals surface area contributed by atoms with Gasteiger partial charge in [0.25, 0.3) is 0 Å². The van der Waals surface area contributed by atoms with E-state index in [2.05, 4.69) is 135 Å². The zero-order valence-electron chi connectivity index (χ0n) is 27.9. The molecule has 3 rings (SSSR count). The molecule has 0 saturated carbocycles. The lowest BCUT2D eigenvalue weighted by Gasteiger charge is -2.34. The molecule has 0 amide bonds. The summed E-state index contributed by atoms with van der Waals surface area (Å²) in [6.45, 7) is 20.5. The van der Waals surface area contributed by atoms with Crippen LogP contribution in [0.1, 0.15) is 79.0 Å². The van der Waals surface area contributed by atoms with Crippen molar-refractivity contribution in [2.24, 2.45) is 0 Å². The first-order valence-corrected chi connectivity index (χ1v) is 17.1. The maximum atomic E-state index is 12.2. The van der Waals surface area contributed by atoms with Gasteiger partial charge in [-0.3, -0.25) is 0 Å². The van der Waals surface area contributed by atoms with Gasteiger partial charge in [0.15, 0.2) is 24.8 Å². The van der Waals surface area contributed by atoms with Crippen LogP contribution < -0.4 is 0 Å². The Morgan fingerprint density at radius 3 is 0.854 bits per heavy atom. The molecule has 3 aromatic rings. The van der Waals surface area contributed by atoms with Crippen molar-refractivity contribution in [2.45, 2.75) is 117 Å². The van der Waals surface area contributed by atoms with Crippen LogP contribution in [0.4, 0.5) is 39.5 Å². The van der Waals surface area contributed by atoms with E-state index < -0.39 is 33.4 Å². The molecular formula is C34H39F9O3S2. The van der Waals surface area contributed by atoms with Crippen LogP contribution in [0.3, 0.4) is 0 Å². The minimum Gasteiger partial charge on any atom is -0.743 e. The van der Waals surface area contributed by atoms with Crippen molar-refractivity contribution in [3.63, 3.8) is 0 Å². The van der Waals surface area contributed by atoms with Crippen molar-refractivity contribution < 1.29 is 52.5 Å². The molecule has 0 aliphatic carbocycles. The Hall–Kier alpha value is -2.71. The minimum atomic E-state index is -7.43. The van der Waals surface area contributed by atoms with E-state index in [9.17, 15) is 52.5 Å². The van der Waals surface area contributed by atoms with E-state index in [1.807, 2.05) is 0 Å². The summed E-state index contributed by atoms with van der Waals surface area (Å²) in [5.41, 5.74) is 4.64. The lowest BCUT2D eigenvalue weighted by Crippen LogP contribution is -2.63. The first-order valence-electron chi connectivity index (χ1n) is 14.5. The van der Waals surface area contributed by atoms with Crippen LogP contribution in [-0.2, 0) is 37.3 Å². The van der Waals surface area contributed by atoms with Gasteiger partial charge in [-0.05, 0) is 69.3 Å². The van der Waals surface area contributed by atoms with Crippen molar-refractivity contribution in [1.29, 1.82) is 0 Å². The van der Waals surface area contributed by atoms with Gasteiger partial charge < -0.3 is 4.55 Å². The summed E-state index contributed by atoms with van der Waals surface area (Å²) in [5, 5.41) is -7.11. The molecular weight excluding hydrogens is 691 g/mol. The summed E-state index contributed by atoms with van der Waals surface area (Å²) >= 11 is 0. The molecule has 268 valence electrons. The summed E-state index contributed by atoms with van der Waals surface area (Å²) in [5.74, 6) is -14.8. The molecule has 0 spiro atoms. The Morgan fingerprint density at radius 2 is 0.688 bits per heavy atom. The monoisotopic (exact) mass is 730 g/mol. The molecule has 0 aliphatic rings. The largest absolute Gasteiger partial charge is 0.743 e. The first kappa shape index (κ1) is 41.5. The molecule has 48 heavy (non-hydrogen) atoms. The molecule has 0 fully saturated rings. The SMILES string of the molecule is CC(C)(C)c1ccc([S+](c2ccc(C(C)(C)C)cc2)c2ccc(C(C)(C)C)cc2)cc1.O=S(=O)([O-])C(F)(F)C(F)(F)C(F)(F)C(F)(F)F. The fourth-order valence-corrected chi connectivity index (χ4v) is 6.68. The van der Waals surface area contributed by atoms with Crippen LogP contribution in [-0.4, -0.2) is 36.2 Å². The smallest absolute Gasteiger partial charge is 0.460 e.